The fraction of sp³-hybridized carbons (Fsp3) is 0.611. The minimum absolute atomic E-state index is 0.128. The predicted molar refractivity (Wildman–Crippen MR) is 89.3 cm³/mol. The van der Waals surface area contributed by atoms with Crippen LogP contribution in [0.4, 0.5) is 0 Å². The number of carbonyl (C=O) groups is 1. The molecule has 2 rings (SSSR count). The van der Waals surface area contributed by atoms with Crippen molar-refractivity contribution in [3.63, 3.8) is 0 Å². The third kappa shape index (κ3) is 4.01. The maximum absolute atomic E-state index is 13.0. The Labute approximate surface area is 133 Å². The summed E-state index contributed by atoms with van der Waals surface area (Å²) in [6.07, 6.45) is 3.10. The third-order valence-corrected chi connectivity index (χ3v) is 4.46. The summed E-state index contributed by atoms with van der Waals surface area (Å²) in [5.74, 6) is 0.916. The van der Waals surface area contributed by atoms with Crippen molar-refractivity contribution in [2.24, 2.45) is 0 Å². The van der Waals surface area contributed by atoms with Gasteiger partial charge >= 0.3 is 0 Å². The van der Waals surface area contributed by atoms with Crippen molar-refractivity contribution in [3.05, 3.63) is 29.8 Å². The average molecular weight is 304 g/mol. The molecule has 1 aromatic carbocycles. The molecule has 1 atom stereocenters. The van der Waals surface area contributed by atoms with E-state index in [0.717, 1.165) is 50.2 Å². The molecule has 122 valence electrons. The van der Waals surface area contributed by atoms with Gasteiger partial charge in [0, 0.05) is 12.6 Å². The minimum Gasteiger partial charge on any atom is -0.497 e. The third-order valence-electron chi connectivity index (χ3n) is 4.46. The van der Waals surface area contributed by atoms with Gasteiger partial charge in [0.2, 0.25) is 5.91 Å². The Morgan fingerprint density at radius 2 is 2.14 bits per heavy atom. The van der Waals surface area contributed by atoms with Gasteiger partial charge in [0.15, 0.2) is 0 Å². The number of piperidine rings is 1. The number of nitrogens with zero attached hydrogens (tertiary/aromatic N) is 1. The van der Waals surface area contributed by atoms with E-state index in [1.54, 1.807) is 7.11 Å². The van der Waals surface area contributed by atoms with Crippen molar-refractivity contribution in [2.45, 2.75) is 45.1 Å². The van der Waals surface area contributed by atoms with Crippen molar-refractivity contribution >= 4 is 5.91 Å². The lowest BCUT2D eigenvalue weighted by molar-refractivity contribution is -0.135. The average Bonchev–Trinajstić information content (AvgIpc) is 2.59. The number of amides is 1. The number of ether oxygens (including phenoxy) is 1. The van der Waals surface area contributed by atoms with Crippen molar-refractivity contribution in [3.8, 4) is 5.75 Å². The van der Waals surface area contributed by atoms with E-state index in [4.69, 9.17) is 4.74 Å². The van der Waals surface area contributed by atoms with E-state index in [9.17, 15) is 4.79 Å². The first kappa shape index (κ1) is 16.8. The van der Waals surface area contributed by atoms with Gasteiger partial charge in [-0.25, -0.2) is 0 Å². The first-order chi connectivity index (χ1) is 10.7. The van der Waals surface area contributed by atoms with Crippen LogP contribution in [0.25, 0.3) is 0 Å². The second kappa shape index (κ2) is 8.18. The monoisotopic (exact) mass is 304 g/mol. The molecule has 0 saturated carbocycles. The molecule has 1 amide bonds. The van der Waals surface area contributed by atoms with Crippen LogP contribution >= 0.6 is 0 Å². The zero-order valence-corrected chi connectivity index (χ0v) is 14.0. The molecule has 1 N–H and O–H groups in total. The van der Waals surface area contributed by atoms with Crippen molar-refractivity contribution in [2.75, 3.05) is 26.7 Å². The Morgan fingerprint density at radius 3 is 2.77 bits per heavy atom. The Morgan fingerprint density at radius 1 is 1.41 bits per heavy atom. The molecule has 0 aliphatic carbocycles. The number of hydrogen-bond acceptors (Lipinski definition) is 3. The molecule has 1 aliphatic rings. The number of hydrogen-bond donors (Lipinski definition) is 1. The van der Waals surface area contributed by atoms with E-state index in [1.807, 2.05) is 31.2 Å². The molecule has 0 spiro atoms. The van der Waals surface area contributed by atoms with Crippen LogP contribution in [0.1, 0.15) is 44.6 Å². The summed E-state index contributed by atoms with van der Waals surface area (Å²) in [7, 11) is 1.66. The highest BCUT2D eigenvalue weighted by molar-refractivity contribution is 5.83. The van der Waals surface area contributed by atoms with E-state index in [0.29, 0.717) is 6.04 Å². The predicted octanol–water partition coefficient (Wildman–Crippen LogP) is 2.79. The summed E-state index contributed by atoms with van der Waals surface area (Å²) in [5, 5.41) is 3.37. The molecule has 1 unspecified atom stereocenters. The first-order valence-electron chi connectivity index (χ1n) is 8.32. The fourth-order valence-corrected chi connectivity index (χ4v) is 3.13. The summed E-state index contributed by atoms with van der Waals surface area (Å²) < 4.78 is 5.28. The standard InChI is InChI=1S/C18H28N2O2/c1-4-12-20(16-8-10-19-11-9-16)18(21)14(2)15-6-5-7-17(13-15)22-3/h5-7,13-14,16,19H,4,8-12H2,1-3H3. The molecular formula is C18H28N2O2. The molecule has 1 aromatic rings. The topological polar surface area (TPSA) is 41.6 Å². The maximum Gasteiger partial charge on any atom is 0.230 e. The van der Waals surface area contributed by atoms with Crippen LogP contribution < -0.4 is 10.1 Å². The molecule has 1 aliphatic heterocycles. The molecule has 4 heteroatoms. The molecular weight excluding hydrogens is 276 g/mol. The smallest absolute Gasteiger partial charge is 0.230 e. The van der Waals surface area contributed by atoms with Crippen molar-refractivity contribution in [1.29, 1.82) is 0 Å². The lowest BCUT2D eigenvalue weighted by atomic mass is 9.96. The number of benzene rings is 1. The summed E-state index contributed by atoms with van der Waals surface area (Å²) in [6, 6.07) is 8.22. The van der Waals surface area contributed by atoms with E-state index in [-0.39, 0.29) is 11.8 Å². The Kier molecular flexibility index (Phi) is 6.25. The van der Waals surface area contributed by atoms with Gasteiger partial charge in [-0.05, 0) is 57.0 Å². The Hall–Kier alpha value is -1.55. The van der Waals surface area contributed by atoms with Gasteiger partial charge < -0.3 is 15.0 Å². The normalized spacial score (nSPS) is 17.0. The van der Waals surface area contributed by atoms with Gasteiger partial charge in [0.05, 0.1) is 13.0 Å². The van der Waals surface area contributed by atoms with Gasteiger partial charge in [-0.1, -0.05) is 19.1 Å². The van der Waals surface area contributed by atoms with Crippen molar-refractivity contribution in [1.82, 2.24) is 10.2 Å². The molecule has 1 heterocycles. The van der Waals surface area contributed by atoms with Gasteiger partial charge in [0.1, 0.15) is 5.75 Å². The highest BCUT2D eigenvalue weighted by atomic mass is 16.5. The van der Waals surface area contributed by atoms with E-state index >= 15 is 0 Å². The van der Waals surface area contributed by atoms with Crippen LogP contribution in [-0.4, -0.2) is 43.6 Å². The Balaban J connectivity index is 2.13. The number of methoxy groups -OCH3 is 1. The maximum atomic E-state index is 13.0. The fourth-order valence-electron chi connectivity index (χ4n) is 3.13. The van der Waals surface area contributed by atoms with Crippen LogP contribution in [0.3, 0.4) is 0 Å². The summed E-state index contributed by atoms with van der Waals surface area (Å²) in [5.41, 5.74) is 1.03. The lowest BCUT2D eigenvalue weighted by Gasteiger charge is -2.36. The molecule has 1 saturated heterocycles. The van der Waals surface area contributed by atoms with Crippen LogP contribution in [0.2, 0.25) is 0 Å². The summed E-state index contributed by atoms with van der Waals surface area (Å²) in [6.45, 7) is 6.99. The Bertz CT molecular complexity index is 484. The van der Waals surface area contributed by atoms with Gasteiger partial charge in [-0.15, -0.1) is 0 Å². The zero-order chi connectivity index (χ0) is 15.9. The van der Waals surface area contributed by atoms with E-state index in [2.05, 4.69) is 17.1 Å². The molecule has 0 radical (unpaired) electrons. The van der Waals surface area contributed by atoms with E-state index < -0.39 is 0 Å². The van der Waals surface area contributed by atoms with Gasteiger partial charge in [-0.2, -0.15) is 0 Å². The van der Waals surface area contributed by atoms with Gasteiger partial charge in [-0.3, -0.25) is 4.79 Å². The summed E-state index contributed by atoms with van der Waals surface area (Å²) in [4.78, 5) is 15.1. The lowest BCUT2D eigenvalue weighted by Crippen LogP contribution is -2.47. The molecule has 4 nitrogen and oxygen atoms in total. The SMILES string of the molecule is CCCN(C(=O)C(C)c1cccc(OC)c1)C1CCNCC1. The van der Waals surface area contributed by atoms with Crippen LogP contribution in [0, 0.1) is 0 Å². The second-order valence-electron chi connectivity index (χ2n) is 6.01. The van der Waals surface area contributed by atoms with Crippen LogP contribution in [0.5, 0.6) is 5.75 Å². The van der Waals surface area contributed by atoms with Crippen molar-refractivity contribution < 1.29 is 9.53 Å². The first-order valence-corrected chi connectivity index (χ1v) is 8.32. The number of rotatable bonds is 6. The number of carbonyl (C=O) groups excluding carboxylic acids is 1. The molecule has 1 fully saturated rings. The molecule has 0 aromatic heterocycles. The quantitative estimate of drug-likeness (QED) is 0.878. The highest BCUT2D eigenvalue weighted by Gasteiger charge is 2.28. The van der Waals surface area contributed by atoms with E-state index in [1.165, 1.54) is 0 Å². The second-order valence-corrected chi connectivity index (χ2v) is 6.01. The molecule has 22 heavy (non-hydrogen) atoms. The van der Waals surface area contributed by atoms with Crippen LogP contribution in [0.15, 0.2) is 24.3 Å². The largest absolute Gasteiger partial charge is 0.497 e. The highest BCUT2D eigenvalue weighted by Crippen LogP contribution is 2.25. The zero-order valence-electron chi connectivity index (χ0n) is 14.0. The minimum atomic E-state index is -0.128. The summed E-state index contributed by atoms with van der Waals surface area (Å²) >= 11 is 0. The molecule has 0 bridgehead atoms. The van der Waals surface area contributed by atoms with Crippen LogP contribution in [-0.2, 0) is 4.79 Å². The number of nitrogens with one attached hydrogen (secondary N) is 1. The van der Waals surface area contributed by atoms with Gasteiger partial charge in [0.25, 0.3) is 0 Å².